The lowest BCUT2D eigenvalue weighted by Gasteiger charge is -2.35. The summed E-state index contributed by atoms with van der Waals surface area (Å²) < 4.78 is 2.38. The molecule has 0 bridgehead atoms. The van der Waals surface area contributed by atoms with Crippen molar-refractivity contribution >= 4 is 38.9 Å². The highest BCUT2D eigenvalue weighted by atomic mass is 15.1. The van der Waals surface area contributed by atoms with Crippen molar-refractivity contribution in [3.8, 4) is 27.9 Å². The third kappa shape index (κ3) is 5.18. The summed E-state index contributed by atoms with van der Waals surface area (Å²) in [6.07, 6.45) is 0. The fourth-order valence-electron chi connectivity index (χ4n) is 9.43. The van der Waals surface area contributed by atoms with Crippen LogP contribution in [0.5, 0.6) is 0 Å². The van der Waals surface area contributed by atoms with Gasteiger partial charge in [0.1, 0.15) is 0 Å². The molecule has 0 N–H and O–H groups in total. The molecule has 2 nitrogen and oxygen atoms in total. The number of fused-ring (bicyclic) bond motifs is 6. The van der Waals surface area contributed by atoms with E-state index in [9.17, 15) is 0 Å². The van der Waals surface area contributed by atoms with Crippen molar-refractivity contribution in [3.05, 3.63) is 253 Å². The Morgan fingerprint density at radius 2 is 0.877 bits per heavy atom. The fraction of sp³-hybridized carbons (Fsp3) is 0.0182. The molecule has 9 aromatic carbocycles. The minimum atomic E-state index is -0.505. The van der Waals surface area contributed by atoms with E-state index in [-0.39, 0.29) is 0 Å². The number of hydrogen-bond donors (Lipinski definition) is 0. The van der Waals surface area contributed by atoms with Gasteiger partial charge < -0.3 is 9.47 Å². The lowest BCUT2D eigenvalue weighted by Crippen LogP contribution is -2.28. The Kier molecular flexibility index (Phi) is 7.75. The van der Waals surface area contributed by atoms with Crippen LogP contribution in [0.3, 0.4) is 0 Å². The van der Waals surface area contributed by atoms with E-state index in [2.05, 4.69) is 240 Å². The van der Waals surface area contributed by atoms with Crippen LogP contribution >= 0.6 is 0 Å². The number of hydrogen-bond acceptors (Lipinski definition) is 1. The Morgan fingerprint density at radius 3 is 1.63 bits per heavy atom. The number of aromatic nitrogens is 1. The number of para-hydroxylation sites is 2. The first-order valence-electron chi connectivity index (χ1n) is 19.7. The predicted octanol–water partition coefficient (Wildman–Crippen LogP) is 14.3. The first-order valence-corrected chi connectivity index (χ1v) is 19.7. The molecular formula is C55H38N2. The second-order valence-corrected chi connectivity index (χ2v) is 14.9. The second-order valence-electron chi connectivity index (χ2n) is 14.9. The molecular weight excluding hydrogens is 689 g/mol. The zero-order valence-electron chi connectivity index (χ0n) is 31.3. The molecule has 1 heterocycles. The highest BCUT2D eigenvalue weighted by molar-refractivity contribution is 6.10. The molecule has 0 unspecified atom stereocenters. The topological polar surface area (TPSA) is 8.17 Å². The molecule has 0 atom stereocenters. The van der Waals surface area contributed by atoms with Crippen LogP contribution in [-0.2, 0) is 5.41 Å². The highest BCUT2D eigenvalue weighted by Crippen LogP contribution is 2.57. The molecule has 0 amide bonds. The normalized spacial score (nSPS) is 12.7. The standard InChI is InChI=1S/C55H38N2/c1-5-18-39(19-6-1)40-20-17-27-44(36-40)56(45-33-35-54-50(37-45)49-29-14-16-31-53(49)57(54)43-25-11-4-12-26-43)46-32-34-48-47-28-13-15-30-51(47)55(52(48)38-46,41-21-7-2-8-22-41)42-23-9-3-10-24-42/h1-38H. The van der Waals surface area contributed by atoms with E-state index in [1.54, 1.807) is 0 Å². The van der Waals surface area contributed by atoms with Crippen LogP contribution in [0, 0.1) is 0 Å². The summed E-state index contributed by atoms with van der Waals surface area (Å²) in [5.74, 6) is 0. The van der Waals surface area contributed by atoms with Crippen molar-refractivity contribution in [2.24, 2.45) is 0 Å². The molecule has 0 aliphatic heterocycles. The van der Waals surface area contributed by atoms with Gasteiger partial charge in [0.05, 0.1) is 16.4 Å². The van der Waals surface area contributed by atoms with Crippen molar-refractivity contribution in [1.82, 2.24) is 4.57 Å². The molecule has 1 aliphatic rings. The van der Waals surface area contributed by atoms with E-state index in [0.29, 0.717) is 0 Å². The second kappa shape index (κ2) is 13.4. The molecule has 2 heteroatoms. The number of anilines is 3. The SMILES string of the molecule is c1ccc(-c2cccc(N(c3ccc4c(c3)C(c3ccccc3)(c3ccccc3)c3ccccc3-4)c3ccc4c(c3)c3ccccc3n4-c3ccccc3)c2)cc1. The molecule has 0 radical (unpaired) electrons. The molecule has 268 valence electrons. The van der Waals surface area contributed by atoms with Crippen LogP contribution in [0.2, 0.25) is 0 Å². The van der Waals surface area contributed by atoms with Gasteiger partial charge >= 0.3 is 0 Å². The van der Waals surface area contributed by atoms with E-state index in [1.165, 1.54) is 66.3 Å². The van der Waals surface area contributed by atoms with Crippen LogP contribution in [0.25, 0.3) is 49.7 Å². The Labute approximate surface area is 333 Å². The van der Waals surface area contributed by atoms with Gasteiger partial charge in [-0.15, -0.1) is 0 Å². The maximum Gasteiger partial charge on any atom is 0.0714 e. The first-order chi connectivity index (χ1) is 28.3. The van der Waals surface area contributed by atoms with Gasteiger partial charge in [-0.3, -0.25) is 0 Å². The summed E-state index contributed by atoms with van der Waals surface area (Å²) in [5, 5.41) is 2.44. The number of rotatable bonds is 7. The third-order valence-corrected chi connectivity index (χ3v) is 11.8. The van der Waals surface area contributed by atoms with Gasteiger partial charge in [-0.05, 0) is 105 Å². The molecule has 57 heavy (non-hydrogen) atoms. The summed E-state index contributed by atoms with van der Waals surface area (Å²) in [6, 6.07) is 84.3. The van der Waals surface area contributed by atoms with Crippen molar-refractivity contribution in [2.75, 3.05) is 4.90 Å². The van der Waals surface area contributed by atoms with Gasteiger partial charge in [0, 0.05) is 33.5 Å². The zero-order valence-corrected chi connectivity index (χ0v) is 31.3. The van der Waals surface area contributed by atoms with Crippen molar-refractivity contribution in [3.63, 3.8) is 0 Å². The minimum absolute atomic E-state index is 0.505. The van der Waals surface area contributed by atoms with Crippen molar-refractivity contribution < 1.29 is 0 Å². The molecule has 0 saturated carbocycles. The van der Waals surface area contributed by atoms with Gasteiger partial charge in [0.15, 0.2) is 0 Å². The number of benzene rings is 9. The van der Waals surface area contributed by atoms with Gasteiger partial charge in [0.2, 0.25) is 0 Å². The Morgan fingerprint density at radius 1 is 0.333 bits per heavy atom. The molecule has 0 saturated heterocycles. The lowest BCUT2D eigenvalue weighted by molar-refractivity contribution is 0.768. The Bertz CT molecular complexity index is 3020. The number of nitrogens with zero attached hydrogens (tertiary/aromatic N) is 2. The zero-order chi connectivity index (χ0) is 37.8. The van der Waals surface area contributed by atoms with Crippen LogP contribution in [-0.4, -0.2) is 4.57 Å². The Balaban J connectivity index is 1.19. The molecule has 0 fully saturated rings. The molecule has 11 rings (SSSR count). The molecule has 0 spiro atoms. The lowest BCUT2D eigenvalue weighted by atomic mass is 9.67. The average Bonchev–Trinajstić information content (AvgIpc) is 3.78. The minimum Gasteiger partial charge on any atom is -0.310 e. The van der Waals surface area contributed by atoms with Gasteiger partial charge in [-0.1, -0.05) is 170 Å². The van der Waals surface area contributed by atoms with Crippen LogP contribution in [0.4, 0.5) is 17.1 Å². The predicted molar refractivity (Wildman–Crippen MR) is 238 cm³/mol. The van der Waals surface area contributed by atoms with Gasteiger partial charge in [-0.25, -0.2) is 0 Å². The van der Waals surface area contributed by atoms with Gasteiger partial charge in [0.25, 0.3) is 0 Å². The summed E-state index contributed by atoms with van der Waals surface area (Å²) in [5.41, 5.74) is 16.3. The van der Waals surface area contributed by atoms with E-state index in [4.69, 9.17) is 0 Å². The average molecular weight is 727 g/mol. The Hall–Kier alpha value is -7.42. The first kappa shape index (κ1) is 33.0. The third-order valence-electron chi connectivity index (χ3n) is 11.8. The van der Waals surface area contributed by atoms with Crippen molar-refractivity contribution in [1.29, 1.82) is 0 Å². The van der Waals surface area contributed by atoms with E-state index >= 15 is 0 Å². The summed E-state index contributed by atoms with van der Waals surface area (Å²) >= 11 is 0. The quantitative estimate of drug-likeness (QED) is 0.159. The van der Waals surface area contributed by atoms with Crippen LogP contribution in [0.15, 0.2) is 231 Å². The summed E-state index contributed by atoms with van der Waals surface area (Å²) in [7, 11) is 0. The highest BCUT2D eigenvalue weighted by Gasteiger charge is 2.46. The maximum absolute atomic E-state index is 2.46. The van der Waals surface area contributed by atoms with E-state index < -0.39 is 5.41 Å². The monoisotopic (exact) mass is 726 g/mol. The van der Waals surface area contributed by atoms with E-state index in [1.807, 2.05) is 0 Å². The van der Waals surface area contributed by atoms with E-state index in [0.717, 1.165) is 22.7 Å². The summed E-state index contributed by atoms with van der Waals surface area (Å²) in [6.45, 7) is 0. The van der Waals surface area contributed by atoms with Crippen LogP contribution < -0.4 is 4.90 Å². The van der Waals surface area contributed by atoms with Gasteiger partial charge in [-0.2, -0.15) is 0 Å². The van der Waals surface area contributed by atoms with Crippen LogP contribution in [0.1, 0.15) is 22.3 Å². The molecule has 1 aliphatic carbocycles. The molecule has 10 aromatic rings. The summed E-state index contributed by atoms with van der Waals surface area (Å²) in [4.78, 5) is 2.45. The maximum atomic E-state index is 2.46. The van der Waals surface area contributed by atoms with Crippen molar-refractivity contribution in [2.45, 2.75) is 5.41 Å². The molecule has 1 aromatic heterocycles. The smallest absolute Gasteiger partial charge is 0.0714 e. The largest absolute Gasteiger partial charge is 0.310 e. The fourth-order valence-corrected chi connectivity index (χ4v) is 9.43.